The normalized spacial score (nSPS) is 10.8. The lowest BCUT2D eigenvalue weighted by molar-refractivity contribution is 0.0697. The number of nitrogens with one attached hydrogen (secondary N) is 1. The molecule has 0 saturated carbocycles. The van der Waals surface area contributed by atoms with Crippen molar-refractivity contribution < 1.29 is 9.90 Å². The Kier molecular flexibility index (Phi) is 3.69. The maximum absolute atomic E-state index is 12.4. The largest absolute Gasteiger partial charge is 0.478 e. The molecule has 0 bridgehead atoms. The summed E-state index contributed by atoms with van der Waals surface area (Å²) < 4.78 is 0. The van der Waals surface area contributed by atoms with Gasteiger partial charge in [0, 0.05) is 22.2 Å². The lowest BCUT2D eigenvalue weighted by atomic mass is 10.0. The van der Waals surface area contributed by atoms with Crippen molar-refractivity contribution in [2.24, 2.45) is 0 Å². The SMILES string of the molecule is CCCCc1c(C)[nH]c2ccc(C(=O)O)cc2c1=O. The lowest BCUT2D eigenvalue weighted by Gasteiger charge is -2.08. The predicted molar refractivity (Wildman–Crippen MR) is 74.9 cm³/mol. The predicted octanol–water partition coefficient (Wildman–Crippen LogP) is 2.88. The zero-order chi connectivity index (χ0) is 14.0. The minimum absolute atomic E-state index is 0.0530. The van der Waals surface area contributed by atoms with E-state index in [1.807, 2.05) is 6.92 Å². The average molecular weight is 259 g/mol. The van der Waals surface area contributed by atoms with Crippen molar-refractivity contribution in [2.75, 3.05) is 0 Å². The third-order valence-corrected chi connectivity index (χ3v) is 3.34. The van der Waals surface area contributed by atoms with Gasteiger partial charge in [0.05, 0.1) is 5.56 Å². The third kappa shape index (κ3) is 2.52. The van der Waals surface area contributed by atoms with Gasteiger partial charge in [-0.15, -0.1) is 0 Å². The second-order valence-corrected chi connectivity index (χ2v) is 4.73. The van der Waals surface area contributed by atoms with E-state index in [1.165, 1.54) is 12.1 Å². The van der Waals surface area contributed by atoms with Crippen LogP contribution in [0.5, 0.6) is 0 Å². The Hall–Kier alpha value is -2.10. The first kappa shape index (κ1) is 13.3. The first-order valence-corrected chi connectivity index (χ1v) is 6.43. The molecular weight excluding hydrogens is 242 g/mol. The standard InChI is InChI=1S/C15H17NO3/c1-3-4-5-11-9(2)16-13-7-6-10(15(18)19)8-12(13)14(11)17/h6-8H,3-5H2,1-2H3,(H,16,17)(H,18,19). The smallest absolute Gasteiger partial charge is 0.335 e. The Morgan fingerprint density at radius 1 is 1.37 bits per heavy atom. The van der Waals surface area contributed by atoms with Crippen LogP contribution >= 0.6 is 0 Å². The van der Waals surface area contributed by atoms with Gasteiger partial charge in [-0.2, -0.15) is 0 Å². The van der Waals surface area contributed by atoms with Crippen molar-refractivity contribution in [1.82, 2.24) is 4.98 Å². The van der Waals surface area contributed by atoms with E-state index in [0.717, 1.165) is 30.5 Å². The zero-order valence-corrected chi connectivity index (χ0v) is 11.1. The topological polar surface area (TPSA) is 70.2 Å². The molecule has 0 unspecified atom stereocenters. The highest BCUT2D eigenvalue weighted by Crippen LogP contribution is 2.15. The number of hydrogen-bond acceptors (Lipinski definition) is 2. The number of carbonyl (C=O) groups is 1. The average Bonchev–Trinajstić information content (AvgIpc) is 2.38. The van der Waals surface area contributed by atoms with E-state index < -0.39 is 5.97 Å². The Balaban J connectivity index is 2.66. The summed E-state index contributed by atoms with van der Waals surface area (Å²) >= 11 is 0. The maximum atomic E-state index is 12.4. The number of pyridine rings is 1. The molecule has 2 aromatic rings. The highest BCUT2D eigenvalue weighted by atomic mass is 16.4. The van der Waals surface area contributed by atoms with Crippen molar-refractivity contribution in [3.05, 3.63) is 45.2 Å². The summed E-state index contributed by atoms with van der Waals surface area (Å²) in [6.07, 6.45) is 2.70. The first-order valence-electron chi connectivity index (χ1n) is 6.43. The molecule has 1 heterocycles. The van der Waals surface area contributed by atoms with E-state index in [-0.39, 0.29) is 11.0 Å². The van der Waals surface area contributed by atoms with Gasteiger partial charge in [0.15, 0.2) is 5.43 Å². The molecule has 0 aliphatic heterocycles. The van der Waals surface area contributed by atoms with Gasteiger partial charge >= 0.3 is 5.97 Å². The first-order chi connectivity index (χ1) is 9.04. The summed E-state index contributed by atoms with van der Waals surface area (Å²) in [6, 6.07) is 4.61. The fourth-order valence-corrected chi connectivity index (χ4v) is 2.24. The van der Waals surface area contributed by atoms with Crippen molar-refractivity contribution in [1.29, 1.82) is 0 Å². The second kappa shape index (κ2) is 5.26. The number of aromatic carboxylic acids is 1. The van der Waals surface area contributed by atoms with Crippen LogP contribution in [0.3, 0.4) is 0 Å². The molecule has 1 aromatic carbocycles. The molecule has 19 heavy (non-hydrogen) atoms. The molecule has 0 amide bonds. The minimum Gasteiger partial charge on any atom is -0.478 e. The molecular formula is C15H17NO3. The minimum atomic E-state index is -1.02. The van der Waals surface area contributed by atoms with Crippen LogP contribution in [0.15, 0.2) is 23.0 Å². The maximum Gasteiger partial charge on any atom is 0.335 e. The Bertz CT molecular complexity index is 686. The monoisotopic (exact) mass is 259 g/mol. The zero-order valence-electron chi connectivity index (χ0n) is 11.1. The van der Waals surface area contributed by atoms with Crippen molar-refractivity contribution in [3.63, 3.8) is 0 Å². The number of fused-ring (bicyclic) bond motifs is 1. The molecule has 2 rings (SSSR count). The summed E-state index contributed by atoms with van der Waals surface area (Å²) in [5.41, 5.74) is 2.41. The Labute approximate surface area is 111 Å². The molecule has 4 heteroatoms. The summed E-state index contributed by atoms with van der Waals surface area (Å²) in [7, 11) is 0. The summed E-state index contributed by atoms with van der Waals surface area (Å²) in [5.74, 6) is -1.02. The van der Waals surface area contributed by atoms with Crippen LogP contribution in [0.2, 0.25) is 0 Å². The van der Waals surface area contributed by atoms with Crippen LogP contribution in [0.1, 0.15) is 41.4 Å². The number of rotatable bonds is 4. The molecule has 0 saturated heterocycles. The summed E-state index contributed by atoms with van der Waals surface area (Å²) in [6.45, 7) is 3.96. The lowest BCUT2D eigenvalue weighted by Crippen LogP contribution is -2.14. The van der Waals surface area contributed by atoms with Crippen LogP contribution in [-0.4, -0.2) is 16.1 Å². The van der Waals surface area contributed by atoms with Crippen LogP contribution in [0.4, 0.5) is 0 Å². The molecule has 0 atom stereocenters. The molecule has 0 spiro atoms. The highest BCUT2D eigenvalue weighted by molar-refractivity contribution is 5.93. The molecule has 4 nitrogen and oxygen atoms in total. The number of carboxylic acid groups (broad SMARTS) is 1. The molecule has 0 aliphatic carbocycles. The number of carboxylic acids is 1. The number of benzene rings is 1. The molecule has 2 N–H and O–H groups in total. The van der Waals surface area contributed by atoms with Crippen molar-refractivity contribution >= 4 is 16.9 Å². The van der Waals surface area contributed by atoms with Gasteiger partial charge < -0.3 is 10.1 Å². The van der Waals surface area contributed by atoms with E-state index in [9.17, 15) is 9.59 Å². The number of H-pyrrole nitrogens is 1. The molecule has 100 valence electrons. The quantitative estimate of drug-likeness (QED) is 0.887. The molecule has 1 aromatic heterocycles. The fraction of sp³-hybridized carbons (Fsp3) is 0.333. The highest BCUT2D eigenvalue weighted by Gasteiger charge is 2.11. The number of aromatic amines is 1. The van der Waals surface area contributed by atoms with Gasteiger partial charge in [0.1, 0.15) is 0 Å². The van der Waals surface area contributed by atoms with Gasteiger partial charge in [-0.1, -0.05) is 13.3 Å². The number of hydrogen-bond donors (Lipinski definition) is 2. The van der Waals surface area contributed by atoms with Gasteiger partial charge in [0.2, 0.25) is 0 Å². The van der Waals surface area contributed by atoms with E-state index in [1.54, 1.807) is 6.07 Å². The van der Waals surface area contributed by atoms with E-state index in [0.29, 0.717) is 10.9 Å². The van der Waals surface area contributed by atoms with Gasteiger partial charge in [-0.05, 0) is 38.0 Å². The van der Waals surface area contributed by atoms with Crippen LogP contribution < -0.4 is 5.43 Å². The third-order valence-electron chi connectivity index (χ3n) is 3.34. The van der Waals surface area contributed by atoms with Gasteiger partial charge in [-0.25, -0.2) is 4.79 Å². The van der Waals surface area contributed by atoms with Gasteiger partial charge in [-0.3, -0.25) is 4.79 Å². The Morgan fingerprint density at radius 3 is 2.74 bits per heavy atom. The van der Waals surface area contributed by atoms with Crippen molar-refractivity contribution in [2.45, 2.75) is 33.1 Å². The van der Waals surface area contributed by atoms with E-state index in [2.05, 4.69) is 11.9 Å². The molecule has 0 fully saturated rings. The number of aryl methyl sites for hydroxylation is 1. The van der Waals surface area contributed by atoms with E-state index in [4.69, 9.17) is 5.11 Å². The van der Waals surface area contributed by atoms with Gasteiger partial charge in [0.25, 0.3) is 0 Å². The van der Waals surface area contributed by atoms with Crippen LogP contribution in [-0.2, 0) is 6.42 Å². The van der Waals surface area contributed by atoms with Crippen LogP contribution in [0, 0.1) is 6.92 Å². The van der Waals surface area contributed by atoms with Crippen molar-refractivity contribution in [3.8, 4) is 0 Å². The van der Waals surface area contributed by atoms with E-state index >= 15 is 0 Å². The fourth-order valence-electron chi connectivity index (χ4n) is 2.24. The van der Waals surface area contributed by atoms with Crippen LogP contribution in [0.25, 0.3) is 10.9 Å². The summed E-state index contributed by atoms with van der Waals surface area (Å²) in [5, 5.41) is 9.44. The molecule has 0 aliphatic rings. The second-order valence-electron chi connectivity index (χ2n) is 4.73. The number of unbranched alkanes of at least 4 members (excludes halogenated alkanes) is 1. The number of aromatic nitrogens is 1. The summed E-state index contributed by atoms with van der Waals surface area (Å²) in [4.78, 5) is 26.6. The Morgan fingerprint density at radius 2 is 2.11 bits per heavy atom. The molecule has 0 radical (unpaired) electrons.